The number of carboxylic acid groups (broad SMARTS) is 1. The first-order valence-electron chi connectivity index (χ1n) is 5.11. The molecular formula is C10H22N2O3. The molecule has 1 N–H and O–H groups in total. The third-order valence-corrected chi connectivity index (χ3v) is 2.06. The van der Waals surface area contributed by atoms with Gasteiger partial charge in [-0.25, -0.2) is 4.79 Å². The van der Waals surface area contributed by atoms with Gasteiger partial charge in [-0.05, 0) is 41.0 Å². The minimum Gasteiger partial charge on any atom is -0.450 e. The van der Waals surface area contributed by atoms with Gasteiger partial charge in [-0.3, -0.25) is 0 Å². The number of rotatable bonds is 7. The SMILES string of the molecule is CN(C)CCC(CCN(C)C)OC(=O)O. The molecule has 0 heterocycles. The Bertz CT molecular complexity index is 172. The van der Waals surface area contributed by atoms with E-state index in [1.807, 2.05) is 38.0 Å². The van der Waals surface area contributed by atoms with Crippen LogP contribution in [0, 0.1) is 0 Å². The van der Waals surface area contributed by atoms with Crippen LogP contribution in [0.15, 0.2) is 0 Å². The molecule has 0 bridgehead atoms. The molecule has 0 aliphatic rings. The highest BCUT2D eigenvalue weighted by atomic mass is 16.7. The van der Waals surface area contributed by atoms with Gasteiger partial charge in [-0.2, -0.15) is 0 Å². The van der Waals surface area contributed by atoms with Crippen molar-refractivity contribution in [2.24, 2.45) is 0 Å². The van der Waals surface area contributed by atoms with Gasteiger partial charge in [-0.15, -0.1) is 0 Å². The molecule has 0 aromatic carbocycles. The summed E-state index contributed by atoms with van der Waals surface area (Å²) in [4.78, 5) is 14.5. The molecule has 5 nitrogen and oxygen atoms in total. The van der Waals surface area contributed by atoms with Crippen molar-refractivity contribution in [2.45, 2.75) is 18.9 Å². The van der Waals surface area contributed by atoms with Gasteiger partial charge >= 0.3 is 6.16 Å². The van der Waals surface area contributed by atoms with Crippen molar-refractivity contribution in [1.29, 1.82) is 0 Å². The smallest absolute Gasteiger partial charge is 0.450 e. The summed E-state index contributed by atoms with van der Waals surface area (Å²) in [6, 6.07) is 0. The van der Waals surface area contributed by atoms with Crippen LogP contribution in [0.2, 0.25) is 0 Å². The molecule has 0 aliphatic heterocycles. The highest BCUT2D eigenvalue weighted by Crippen LogP contribution is 2.05. The predicted octanol–water partition coefficient (Wildman–Crippen LogP) is 0.953. The minimum atomic E-state index is -1.18. The van der Waals surface area contributed by atoms with Crippen molar-refractivity contribution >= 4 is 6.16 Å². The van der Waals surface area contributed by atoms with Crippen molar-refractivity contribution in [2.75, 3.05) is 41.3 Å². The Labute approximate surface area is 91.6 Å². The topological polar surface area (TPSA) is 53.0 Å². The molecule has 0 aromatic heterocycles. The van der Waals surface area contributed by atoms with Crippen LogP contribution < -0.4 is 0 Å². The van der Waals surface area contributed by atoms with E-state index in [-0.39, 0.29) is 6.10 Å². The van der Waals surface area contributed by atoms with Crippen molar-refractivity contribution in [3.63, 3.8) is 0 Å². The highest BCUT2D eigenvalue weighted by molar-refractivity contribution is 5.57. The van der Waals surface area contributed by atoms with Crippen molar-refractivity contribution in [3.05, 3.63) is 0 Å². The Morgan fingerprint density at radius 3 is 1.80 bits per heavy atom. The van der Waals surface area contributed by atoms with Gasteiger partial charge < -0.3 is 19.6 Å². The Hall–Kier alpha value is -0.810. The van der Waals surface area contributed by atoms with Gasteiger partial charge in [0.1, 0.15) is 6.10 Å². The van der Waals surface area contributed by atoms with Crippen molar-refractivity contribution in [3.8, 4) is 0 Å². The maximum atomic E-state index is 10.4. The van der Waals surface area contributed by atoms with E-state index >= 15 is 0 Å². The molecule has 0 unspecified atom stereocenters. The molecule has 0 atom stereocenters. The van der Waals surface area contributed by atoms with Crippen molar-refractivity contribution < 1.29 is 14.6 Å². The Morgan fingerprint density at radius 2 is 1.53 bits per heavy atom. The average molecular weight is 218 g/mol. The normalized spacial score (nSPS) is 11.4. The lowest BCUT2D eigenvalue weighted by atomic mass is 10.1. The Kier molecular flexibility index (Phi) is 7.07. The largest absolute Gasteiger partial charge is 0.506 e. The quantitative estimate of drug-likeness (QED) is 0.645. The van der Waals surface area contributed by atoms with Crippen LogP contribution in [0.5, 0.6) is 0 Å². The summed E-state index contributed by atoms with van der Waals surface area (Å²) < 4.78 is 4.81. The molecule has 0 spiro atoms. The molecule has 15 heavy (non-hydrogen) atoms. The summed E-state index contributed by atoms with van der Waals surface area (Å²) in [7, 11) is 7.85. The molecule has 0 aromatic rings. The summed E-state index contributed by atoms with van der Waals surface area (Å²) in [5.74, 6) is 0. The fraction of sp³-hybridized carbons (Fsp3) is 0.900. The average Bonchev–Trinajstić information content (AvgIpc) is 2.08. The van der Waals surface area contributed by atoms with Gasteiger partial charge in [0.2, 0.25) is 0 Å². The van der Waals surface area contributed by atoms with Crippen LogP contribution in [0.3, 0.4) is 0 Å². The van der Waals surface area contributed by atoms with E-state index in [1.165, 1.54) is 0 Å². The van der Waals surface area contributed by atoms with E-state index in [1.54, 1.807) is 0 Å². The Morgan fingerprint density at radius 1 is 1.13 bits per heavy atom. The Balaban J connectivity index is 3.89. The van der Waals surface area contributed by atoms with E-state index in [4.69, 9.17) is 9.84 Å². The van der Waals surface area contributed by atoms with E-state index in [9.17, 15) is 4.79 Å². The van der Waals surface area contributed by atoms with Gasteiger partial charge in [0, 0.05) is 13.1 Å². The molecule has 0 saturated carbocycles. The lowest BCUT2D eigenvalue weighted by Gasteiger charge is -2.20. The molecule has 0 saturated heterocycles. The number of ether oxygens (including phenoxy) is 1. The molecule has 0 amide bonds. The van der Waals surface area contributed by atoms with Crippen molar-refractivity contribution in [1.82, 2.24) is 9.80 Å². The zero-order valence-corrected chi connectivity index (χ0v) is 10.1. The standard InChI is InChI=1S/C10H22N2O3/c1-11(2)7-5-9(15-10(13)14)6-8-12(3)4/h9H,5-8H2,1-4H3,(H,13,14). The molecule has 0 fully saturated rings. The van der Waals surface area contributed by atoms with Crippen LogP contribution in [0.4, 0.5) is 4.79 Å². The summed E-state index contributed by atoms with van der Waals surface area (Å²) in [6.45, 7) is 1.68. The number of nitrogens with zero attached hydrogens (tertiary/aromatic N) is 2. The molecule has 0 aliphatic carbocycles. The summed E-state index contributed by atoms with van der Waals surface area (Å²) in [6.07, 6.45) is 0.102. The first kappa shape index (κ1) is 14.2. The number of hydrogen-bond acceptors (Lipinski definition) is 4. The summed E-state index contributed by atoms with van der Waals surface area (Å²) >= 11 is 0. The maximum Gasteiger partial charge on any atom is 0.506 e. The van der Waals surface area contributed by atoms with Crippen LogP contribution in [0.1, 0.15) is 12.8 Å². The second-order valence-corrected chi connectivity index (χ2v) is 4.19. The first-order chi connectivity index (χ1) is 6.91. The third-order valence-electron chi connectivity index (χ3n) is 2.06. The maximum absolute atomic E-state index is 10.4. The fourth-order valence-electron chi connectivity index (χ4n) is 1.21. The van der Waals surface area contributed by atoms with Crippen LogP contribution in [-0.2, 0) is 4.74 Å². The monoisotopic (exact) mass is 218 g/mol. The van der Waals surface area contributed by atoms with E-state index in [0.717, 1.165) is 25.9 Å². The first-order valence-corrected chi connectivity index (χ1v) is 5.11. The number of hydrogen-bond donors (Lipinski definition) is 1. The molecule has 90 valence electrons. The molecule has 0 rings (SSSR count). The van der Waals surface area contributed by atoms with Gasteiger partial charge in [0.25, 0.3) is 0 Å². The van der Waals surface area contributed by atoms with Gasteiger partial charge in [0.05, 0.1) is 0 Å². The second kappa shape index (κ2) is 7.48. The van der Waals surface area contributed by atoms with E-state index in [0.29, 0.717) is 0 Å². The van der Waals surface area contributed by atoms with Crippen LogP contribution in [0.25, 0.3) is 0 Å². The fourth-order valence-corrected chi connectivity index (χ4v) is 1.21. The molecule has 0 radical (unpaired) electrons. The van der Waals surface area contributed by atoms with Gasteiger partial charge in [-0.1, -0.05) is 0 Å². The number of carbonyl (C=O) groups is 1. The zero-order chi connectivity index (χ0) is 11.8. The minimum absolute atomic E-state index is 0.202. The third kappa shape index (κ3) is 9.49. The van der Waals surface area contributed by atoms with Gasteiger partial charge in [0.15, 0.2) is 0 Å². The highest BCUT2D eigenvalue weighted by Gasteiger charge is 2.13. The van der Waals surface area contributed by atoms with E-state index in [2.05, 4.69) is 0 Å². The predicted molar refractivity (Wildman–Crippen MR) is 59.2 cm³/mol. The summed E-state index contributed by atoms with van der Waals surface area (Å²) in [5.41, 5.74) is 0. The van der Waals surface area contributed by atoms with Crippen LogP contribution >= 0.6 is 0 Å². The van der Waals surface area contributed by atoms with Crippen LogP contribution in [-0.4, -0.2) is 68.4 Å². The lowest BCUT2D eigenvalue weighted by Crippen LogP contribution is -2.27. The van der Waals surface area contributed by atoms with E-state index < -0.39 is 6.16 Å². The summed E-state index contributed by atoms with van der Waals surface area (Å²) in [5, 5.41) is 8.56. The molecular weight excluding hydrogens is 196 g/mol. The second-order valence-electron chi connectivity index (χ2n) is 4.19. The lowest BCUT2D eigenvalue weighted by molar-refractivity contribution is 0.0388. The molecule has 5 heteroatoms. The zero-order valence-electron chi connectivity index (χ0n) is 10.1.